The number of imidazole rings is 3. The number of benzene rings is 4. The lowest BCUT2D eigenvalue weighted by molar-refractivity contribution is -0.140. The molecule has 6 N–H and O–H groups in total. The van der Waals surface area contributed by atoms with Crippen molar-refractivity contribution in [3.63, 3.8) is 0 Å². The fourth-order valence-electron chi connectivity index (χ4n) is 7.18. The summed E-state index contributed by atoms with van der Waals surface area (Å²) in [6, 6.07) is 24.7. The van der Waals surface area contributed by atoms with E-state index >= 15 is 0 Å². The normalized spacial score (nSPS) is 10.8. The molecule has 0 spiro atoms. The van der Waals surface area contributed by atoms with Gasteiger partial charge in [-0.3, -0.25) is 28.1 Å². The monoisotopic (exact) mass is 1090 g/mol. The second kappa shape index (κ2) is 24.0. The molecule has 0 saturated carbocycles. The van der Waals surface area contributed by atoms with Crippen molar-refractivity contribution < 1.29 is 61.6 Å². The average molecular weight is 1090 g/mol. The first kappa shape index (κ1) is 54.8. The Morgan fingerprint density at radius 3 is 1.26 bits per heavy atom. The van der Waals surface area contributed by atoms with Crippen LogP contribution >= 0.6 is 0 Å². The molecular weight excluding hydrogens is 1050 g/mol. The number of hydrogen-bond acceptors (Lipinski definition) is 15. The third-order valence-electron chi connectivity index (χ3n) is 11.2. The van der Waals surface area contributed by atoms with Crippen LogP contribution in [0, 0.1) is 5.82 Å². The van der Waals surface area contributed by atoms with E-state index in [4.69, 9.17) is 5.11 Å². The minimum atomic E-state index is -5.09. The molecule has 6 heterocycles. The molecule has 0 aliphatic heterocycles. The fourth-order valence-corrected chi connectivity index (χ4v) is 7.18. The number of aromatic nitrogens is 12. The molecule has 0 aliphatic carbocycles. The predicted molar refractivity (Wildman–Crippen MR) is 273 cm³/mol. The highest BCUT2D eigenvalue weighted by molar-refractivity contribution is 6.10. The Balaban J connectivity index is 0.000000158. The van der Waals surface area contributed by atoms with Crippen LogP contribution in [-0.4, -0.2) is 110 Å². The Labute approximate surface area is 446 Å². The van der Waals surface area contributed by atoms with Gasteiger partial charge in [0, 0.05) is 37.2 Å². The molecule has 10 rings (SSSR count). The van der Waals surface area contributed by atoms with Crippen molar-refractivity contribution in [2.45, 2.75) is 19.5 Å². The van der Waals surface area contributed by atoms with E-state index in [-0.39, 0.29) is 51.7 Å². The van der Waals surface area contributed by atoms with Crippen molar-refractivity contribution in [1.29, 1.82) is 0 Å². The number of alkyl halides is 3. The van der Waals surface area contributed by atoms with Gasteiger partial charge in [-0.15, -0.1) is 30.6 Å². The molecule has 28 heteroatoms. The number of aryl methyl sites for hydroxylation is 1. The van der Waals surface area contributed by atoms with E-state index in [1.54, 1.807) is 89.2 Å². The van der Waals surface area contributed by atoms with Crippen molar-refractivity contribution >= 4 is 63.5 Å². The number of hydrogen-bond donors (Lipinski definition) is 6. The van der Waals surface area contributed by atoms with E-state index in [0.717, 1.165) is 16.3 Å². The topological polar surface area (TPSA) is 330 Å². The summed E-state index contributed by atoms with van der Waals surface area (Å²) >= 11 is 0. The molecule has 0 bridgehead atoms. The first-order valence-electron chi connectivity index (χ1n) is 23.0. The maximum Gasteiger partial charge on any atom is 0.419 e. The third-order valence-corrected chi connectivity index (χ3v) is 11.2. The summed E-state index contributed by atoms with van der Waals surface area (Å²) in [5.41, 5.74) is -2.10. The van der Waals surface area contributed by atoms with Crippen LogP contribution in [0.25, 0.3) is 28.2 Å². The second-order valence-corrected chi connectivity index (χ2v) is 16.4. The predicted octanol–water partition coefficient (Wildman–Crippen LogP) is 7.71. The Morgan fingerprint density at radius 2 is 0.887 bits per heavy atom. The van der Waals surface area contributed by atoms with Gasteiger partial charge in [0.05, 0.1) is 39.3 Å². The number of carbonyl (C=O) groups excluding carboxylic acids is 3. The van der Waals surface area contributed by atoms with Crippen LogP contribution in [0.4, 0.5) is 34.6 Å². The molecule has 80 heavy (non-hydrogen) atoms. The molecule has 0 radical (unpaired) electrons. The van der Waals surface area contributed by atoms with Crippen molar-refractivity contribution in [2.24, 2.45) is 0 Å². The Bertz CT molecular complexity index is 3880. The van der Waals surface area contributed by atoms with Crippen LogP contribution in [0.3, 0.4) is 0 Å². The van der Waals surface area contributed by atoms with Crippen LogP contribution < -0.4 is 16.0 Å². The highest BCUT2D eigenvalue weighted by Crippen LogP contribution is 2.35. The van der Waals surface area contributed by atoms with Crippen LogP contribution in [-0.2, 0) is 12.6 Å². The van der Waals surface area contributed by atoms with Gasteiger partial charge in [0.1, 0.15) is 24.8 Å². The van der Waals surface area contributed by atoms with E-state index in [1.165, 1.54) is 47.4 Å². The number of rotatable bonds is 13. The number of anilines is 3. The summed E-state index contributed by atoms with van der Waals surface area (Å²) < 4.78 is 56.8. The van der Waals surface area contributed by atoms with Gasteiger partial charge in [0.25, 0.3) is 17.7 Å². The Kier molecular flexibility index (Phi) is 16.5. The summed E-state index contributed by atoms with van der Waals surface area (Å²) in [4.78, 5) is 82.9. The maximum atomic E-state index is 13.8. The molecular formula is C52H37F4N15O9. The minimum absolute atomic E-state index is 0.00467. The van der Waals surface area contributed by atoms with Crippen molar-refractivity contribution in [3.05, 3.63) is 210 Å². The highest BCUT2D eigenvalue weighted by Gasteiger charge is 2.36. The van der Waals surface area contributed by atoms with Gasteiger partial charge >= 0.3 is 24.1 Å². The zero-order valence-electron chi connectivity index (χ0n) is 40.9. The largest absolute Gasteiger partial charge is 0.478 e. The highest BCUT2D eigenvalue weighted by atomic mass is 19.4. The summed E-state index contributed by atoms with van der Waals surface area (Å²) in [6.45, 7) is 1.93. The number of carboxylic acids is 3. The molecule has 3 amide bonds. The van der Waals surface area contributed by atoms with E-state index in [1.807, 2.05) is 36.5 Å². The van der Waals surface area contributed by atoms with Crippen molar-refractivity contribution in [1.82, 2.24) is 59.2 Å². The number of carboxylic acid groups (broad SMARTS) is 3. The van der Waals surface area contributed by atoms with Crippen molar-refractivity contribution in [2.75, 3.05) is 16.0 Å². The zero-order valence-corrected chi connectivity index (χ0v) is 40.9. The standard InChI is InChI=1S/C19H13N5O3.C17H15N5O3.C16H9F4N5O3/c25-18(15-5-6-17(23-22-15)24-8-7-20-11-24)21-16-10-13-4-2-1-3-12(13)9-14(16)19(26)27;1-2-11-3-4-13(12(9-11)17(24)25)19-16(23)14-5-6-15(21-20-14)22-8-7-18-10-22;17-10-6-12(8(15(27)28)5-9(10)16(18,19)20)22-14(26)11-1-2-13(24-23-11)25-4-3-21-7-25/h1-11H,(H,21,25)(H,26,27);3-10H,2H2,1H3,(H,19,23)(H,24,25);1-7H,(H,22,26)(H,27,28). The van der Waals surface area contributed by atoms with E-state index < -0.39 is 64.4 Å². The molecule has 24 nitrogen and oxygen atoms in total. The number of halogens is 4. The number of fused-ring (bicyclic) bond motifs is 1. The maximum absolute atomic E-state index is 13.8. The van der Waals surface area contributed by atoms with E-state index in [0.29, 0.717) is 23.9 Å². The Hall–Kier alpha value is -11.5. The van der Waals surface area contributed by atoms with Gasteiger partial charge in [0.2, 0.25) is 0 Å². The molecule has 6 aromatic heterocycles. The second-order valence-electron chi connectivity index (χ2n) is 16.4. The lowest BCUT2D eigenvalue weighted by Crippen LogP contribution is -2.19. The van der Waals surface area contributed by atoms with Gasteiger partial charge in [-0.2, -0.15) is 13.2 Å². The molecule has 0 fully saturated rings. The third kappa shape index (κ3) is 13.1. The summed E-state index contributed by atoms with van der Waals surface area (Å²) in [5.74, 6) is -6.42. The molecule has 0 aliphatic rings. The minimum Gasteiger partial charge on any atom is -0.478 e. The SMILES string of the molecule is CCc1ccc(NC(=O)c2ccc(-n3ccnc3)nn2)c(C(=O)O)c1.O=C(Nc1cc(F)c(C(F)(F)F)cc1C(=O)O)c1ccc(-n2ccnc2)nn1.O=C(Nc1cc2ccccc2cc1C(=O)O)c1ccc(-n2ccnc2)nn1. The summed E-state index contributed by atoms with van der Waals surface area (Å²) in [6.07, 6.45) is 9.88. The van der Waals surface area contributed by atoms with E-state index in [2.05, 4.69) is 56.2 Å². The van der Waals surface area contributed by atoms with Crippen LogP contribution in [0.1, 0.15) is 80.6 Å². The van der Waals surface area contributed by atoms with Gasteiger partial charge in [0.15, 0.2) is 34.5 Å². The number of nitrogens with zero attached hydrogens (tertiary/aromatic N) is 12. The van der Waals surface area contributed by atoms with Gasteiger partial charge in [-0.05, 0) is 95.6 Å². The van der Waals surface area contributed by atoms with Crippen LogP contribution in [0.5, 0.6) is 0 Å². The number of nitrogens with one attached hydrogen (secondary N) is 3. The zero-order chi connectivity index (χ0) is 57.1. The lowest BCUT2D eigenvalue weighted by Gasteiger charge is -2.13. The smallest absolute Gasteiger partial charge is 0.419 e. The molecule has 0 saturated heterocycles. The summed E-state index contributed by atoms with van der Waals surface area (Å²) in [7, 11) is 0. The molecule has 10 aromatic rings. The van der Waals surface area contributed by atoms with E-state index in [9.17, 15) is 56.5 Å². The number of aromatic carboxylic acids is 3. The van der Waals surface area contributed by atoms with Gasteiger partial charge < -0.3 is 31.3 Å². The average Bonchev–Trinajstić information content (AvgIpc) is 4.31. The van der Waals surface area contributed by atoms with Crippen LogP contribution in [0.15, 0.2) is 159 Å². The number of amides is 3. The Morgan fingerprint density at radius 1 is 0.487 bits per heavy atom. The number of carbonyl (C=O) groups is 6. The lowest BCUT2D eigenvalue weighted by atomic mass is 10.0. The molecule has 4 aromatic carbocycles. The summed E-state index contributed by atoms with van der Waals surface area (Å²) in [5, 5.41) is 59.9. The molecule has 0 atom stereocenters. The fraction of sp³-hybridized carbons (Fsp3) is 0.0577. The van der Waals surface area contributed by atoms with Gasteiger partial charge in [-0.25, -0.2) is 33.7 Å². The molecule has 402 valence electrons. The van der Waals surface area contributed by atoms with Gasteiger partial charge in [-0.1, -0.05) is 37.3 Å². The first-order chi connectivity index (χ1) is 38.4. The molecule has 0 unspecified atom stereocenters. The van der Waals surface area contributed by atoms with Crippen LogP contribution in [0.2, 0.25) is 0 Å². The quantitative estimate of drug-likeness (QED) is 0.0602. The van der Waals surface area contributed by atoms with Crippen molar-refractivity contribution in [3.8, 4) is 17.5 Å². The first-order valence-corrected chi connectivity index (χ1v) is 23.0.